The Hall–Kier alpha value is -0.280. The predicted octanol–water partition coefficient (Wildman–Crippen LogP) is 3.68. The van der Waals surface area contributed by atoms with Crippen LogP contribution in [0.15, 0.2) is 18.2 Å². The van der Waals surface area contributed by atoms with Crippen molar-refractivity contribution >= 4 is 23.2 Å². The lowest BCUT2D eigenvalue weighted by atomic mass is 10.0. The van der Waals surface area contributed by atoms with Gasteiger partial charge in [-0.05, 0) is 37.5 Å². The number of hydrogen-bond donors (Lipinski definition) is 1. The molecule has 0 aliphatic carbocycles. The fraction of sp³-hybridized carbons (Fsp3) is 0.538. The molecule has 17 heavy (non-hydrogen) atoms. The summed E-state index contributed by atoms with van der Waals surface area (Å²) in [5.74, 6) is 0. The standard InChI is InChI=1S/C13H19Cl2NO/c1-3-13(17-4-2)12(16)8-9-5-6-10(14)11(15)7-9/h5-7,12-13H,3-4,8,16H2,1-2H3. The summed E-state index contributed by atoms with van der Waals surface area (Å²) in [6.45, 7) is 4.75. The molecule has 0 heterocycles. The lowest BCUT2D eigenvalue weighted by Crippen LogP contribution is -2.38. The average Bonchev–Trinajstić information content (AvgIpc) is 2.30. The lowest BCUT2D eigenvalue weighted by molar-refractivity contribution is 0.0417. The second-order valence-electron chi connectivity index (χ2n) is 4.02. The second-order valence-corrected chi connectivity index (χ2v) is 4.83. The maximum Gasteiger partial charge on any atom is 0.0726 e. The topological polar surface area (TPSA) is 35.2 Å². The van der Waals surface area contributed by atoms with Crippen LogP contribution in [0.1, 0.15) is 25.8 Å². The highest BCUT2D eigenvalue weighted by Gasteiger charge is 2.16. The molecule has 0 fully saturated rings. The minimum absolute atomic E-state index is 0.0165. The van der Waals surface area contributed by atoms with Gasteiger partial charge in [-0.3, -0.25) is 0 Å². The Morgan fingerprint density at radius 1 is 1.24 bits per heavy atom. The van der Waals surface area contributed by atoms with E-state index in [1.807, 2.05) is 19.1 Å². The highest BCUT2D eigenvalue weighted by Crippen LogP contribution is 2.23. The van der Waals surface area contributed by atoms with Gasteiger partial charge >= 0.3 is 0 Å². The highest BCUT2D eigenvalue weighted by atomic mass is 35.5. The van der Waals surface area contributed by atoms with Gasteiger partial charge in [0.1, 0.15) is 0 Å². The zero-order valence-electron chi connectivity index (χ0n) is 10.2. The molecule has 0 aliphatic heterocycles. The summed E-state index contributed by atoms with van der Waals surface area (Å²) < 4.78 is 5.60. The number of nitrogens with two attached hydrogens (primary N) is 1. The summed E-state index contributed by atoms with van der Waals surface area (Å²) in [6.07, 6.45) is 1.75. The Kier molecular flexibility index (Phi) is 6.28. The first-order valence-electron chi connectivity index (χ1n) is 5.89. The molecular weight excluding hydrogens is 257 g/mol. The Morgan fingerprint density at radius 3 is 2.47 bits per heavy atom. The summed E-state index contributed by atoms with van der Waals surface area (Å²) in [5.41, 5.74) is 7.22. The van der Waals surface area contributed by atoms with Crippen molar-refractivity contribution in [1.29, 1.82) is 0 Å². The molecule has 1 rings (SSSR count). The van der Waals surface area contributed by atoms with Gasteiger partial charge in [-0.1, -0.05) is 36.2 Å². The fourth-order valence-electron chi connectivity index (χ4n) is 1.83. The van der Waals surface area contributed by atoms with Crippen molar-refractivity contribution in [3.8, 4) is 0 Å². The van der Waals surface area contributed by atoms with E-state index in [1.165, 1.54) is 0 Å². The first-order chi connectivity index (χ1) is 8.08. The molecule has 2 atom stereocenters. The van der Waals surface area contributed by atoms with E-state index in [1.54, 1.807) is 6.07 Å². The van der Waals surface area contributed by atoms with Crippen LogP contribution in [0.3, 0.4) is 0 Å². The van der Waals surface area contributed by atoms with Crippen molar-refractivity contribution in [2.24, 2.45) is 5.73 Å². The molecule has 0 aliphatic rings. The molecule has 4 heteroatoms. The molecule has 2 N–H and O–H groups in total. The molecule has 2 nitrogen and oxygen atoms in total. The number of ether oxygens (including phenoxy) is 1. The van der Waals surface area contributed by atoms with Gasteiger partial charge in [0.15, 0.2) is 0 Å². The molecule has 0 radical (unpaired) electrons. The van der Waals surface area contributed by atoms with E-state index in [-0.39, 0.29) is 12.1 Å². The van der Waals surface area contributed by atoms with Crippen molar-refractivity contribution < 1.29 is 4.74 Å². The van der Waals surface area contributed by atoms with Gasteiger partial charge in [0.25, 0.3) is 0 Å². The van der Waals surface area contributed by atoms with Crippen LogP contribution in [0.2, 0.25) is 10.0 Å². The number of rotatable bonds is 6. The maximum absolute atomic E-state index is 6.13. The Labute approximate surface area is 113 Å². The summed E-state index contributed by atoms with van der Waals surface area (Å²) in [4.78, 5) is 0. The van der Waals surface area contributed by atoms with Crippen LogP contribution in [0.4, 0.5) is 0 Å². The zero-order chi connectivity index (χ0) is 12.8. The number of halogens is 2. The summed E-state index contributed by atoms with van der Waals surface area (Å²) in [5, 5.41) is 1.14. The van der Waals surface area contributed by atoms with E-state index in [4.69, 9.17) is 33.7 Å². The Morgan fingerprint density at radius 2 is 1.94 bits per heavy atom. The van der Waals surface area contributed by atoms with Crippen LogP contribution in [0.5, 0.6) is 0 Å². The molecule has 0 saturated heterocycles. The normalized spacial score (nSPS) is 14.6. The summed E-state index contributed by atoms with van der Waals surface area (Å²) in [7, 11) is 0. The molecule has 2 unspecified atom stereocenters. The summed E-state index contributed by atoms with van der Waals surface area (Å²) >= 11 is 11.8. The van der Waals surface area contributed by atoms with E-state index in [2.05, 4.69) is 6.92 Å². The third kappa shape index (κ3) is 4.47. The van der Waals surface area contributed by atoms with E-state index >= 15 is 0 Å². The maximum atomic E-state index is 6.13. The van der Waals surface area contributed by atoms with Crippen LogP contribution in [0.25, 0.3) is 0 Å². The molecule has 0 amide bonds. The first-order valence-corrected chi connectivity index (χ1v) is 6.65. The molecule has 1 aromatic rings. The molecule has 0 saturated carbocycles. The van der Waals surface area contributed by atoms with Gasteiger partial charge in [-0.2, -0.15) is 0 Å². The fourth-order valence-corrected chi connectivity index (χ4v) is 2.15. The van der Waals surface area contributed by atoms with Crippen LogP contribution >= 0.6 is 23.2 Å². The van der Waals surface area contributed by atoms with Gasteiger partial charge in [0.2, 0.25) is 0 Å². The van der Waals surface area contributed by atoms with E-state index < -0.39 is 0 Å². The third-order valence-corrected chi connectivity index (χ3v) is 3.46. The largest absolute Gasteiger partial charge is 0.377 e. The number of hydrogen-bond acceptors (Lipinski definition) is 2. The zero-order valence-corrected chi connectivity index (χ0v) is 11.8. The van der Waals surface area contributed by atoms with Crippen molar-refractivity contribution in [2.45, 2.75) is 38.8 Å². The van der Waals surface area contributed by atoms with Crippen LogP contribution in [-0.2, 0) is 11.2 Å². The molecule has 1 aromatic carbocycles. The van der Waals surface area contributed by atoms with Gasteiger partial charge < -0.3 is 10.5 Å². The first kappa shape index (κ1) is 14.8. The predicted molar refractivity (Wildman–Crippen MR) is 73.8 cm³/mol. The Bertz CT molecular complexity index is 357. The van der Waals surface area contributed by atoms with Crippen LogP contribution in [-0.4, -0.2) is 18.8 Å². The third-order valence-electron chi connectivity index (χ3n) is 2.72. The highest BCUT2D eigenvalue weighted by molar-refractivity contribution is 6.42. The average molecular weight is 276 g/mol. The van der Waals surface area contributed by atoms with Crippen molar-refractivity contribution in [3.05, 3.63) is 33.8 Å². The molecule has 0 spiro atoms. The van der Waals surface area contributed by atoms with E-state index in [9.17, 15) is 0 Å². The summed E-state index contributed by atoms with van der Waals surface area (Å²) in [6, 6.07) is 5.60. The molecular formula is C13H19Cl2NO. The smallest absolute Gasteiger partial charge is 0.0726 e. The lowest BCUT2D eigenvalue weighted by Gasteiger charge is -2.22. The molecule has 0 aromatic heterocycles. The van der Waals surface area contributed by atoms with Gasteiger partial charge in [-0.25, -0.2) is 0 Å². The monoisotopic (exact) mass is 275 g/mol. The molecule has 0 bridgehead atoms. The van der Waals surface area contributed by atoms with Crippen molar-refractivity contribution in [3.63, 3.8) is 0 Å². The second kappa shape index (κ2) is 7.22. The van der Waals surface area contributed by atoms with E-state index in [0.29, 0.717) is 16.7 Å². The minimum Gasteiger partial charge on any atom is -0.377 e. The van der Waals surface area contributed by atoms with Crippen molar-refractivity contribution in [1.82, 2.24) is 0 Å². The SMILES string of the molecule is CCOC(CC)C(N)Cc1ccc(Cl)c(Cl)c1. The quantitative estimate of drug-likeness (QED) is 0.860. The number of benzene rings is 1. The van der Waals surface area contributed by atoms with Crippen molar-refractivity contribution in [2.75, 3.05) is 6.61 Å². The van der Waals surface area contributed by atoms with E-state index in [0.717, 1.165) is 18.4 Å². The Balaban J connectivity index is 2.66. The molecule has 96 valence electrons. The van der Waals surface area contributed by atoms with Gasteiger partial charge in [-0.15, -0.1) is 0 Å². The minimum atomic E-state index is -0.0165. The van der Waals surface area contributed by atoms with Crippen LogP contribution in [0, 0.1) is 0 Å². The van der Waals surface area contributed by atoms with Crippen LogP contribution < -0.4 is 5.73 Å². The van der Waals surface area contributed by atoms with Gasteiger partial charge in [0, 0.05) is 12.6 Å². The van der Waals surface area contributed by atoms with Gasteiger partial charge in [0.05, 0.1) is 16.1 Å².